The van der Waals surface area contributed by atoms with E-state index in [1.54, 1.807) is 0 Å². The van der Waals surface area contributed by atoms with Crippen LogP contribution in [0.5, 0.6) is 0 Å². The molecule has 1 aromatic carbocycles. The van der Waals surface area contributed by atoms with Crippen LogP contribution in [0.2, 0.25) is 0 Å². The fourth-order valence-corrected chi connectivity index (χ4v) is 3.35. The van der Waals surface area contributed by atoms with Gasteiger partial charge in [-0.3, -0.25) is 10.1 Å². The zero-order chi connectivity index (χ0) is 15.0. The second kappa shape index (κ2) is 5.80. The monoisotopic (exact) mass is 286 g/mol. The fraction of sp³-hybridized carbons (Fsp3) is 0.611. The minimum Gasteiger partial charge on any atom is -0.319 e. The molecule has 1 saturated carbocycles. The molecule has 1 amide bonds. The zero-order valence-corrected chi connectivity index (χ0v) is 13.3. The molecule has 1 aliphatic heterocycles. The van der Waals surface area contributed by atoms with Crippen molar-refractivity contribution in [1.82, 2.24) is 10.2 Å². The van der Waals surface area contributed by atoms with E-state index in [1.165, 1.54) is 30.4 Å². The maximum atomic E-state index is 12.6. The molecule has 1 aliphatic carbocycles. The number of nitrogens with zero attached hydrogens (tertiary/aromatic N) is 1. The van der Waals surface area contributed by atoms with E-state index in [1.807, 2.05) is 6.92 Å². The lowest BCUT2D eigenvalue weighted by Gasteiger charge is -2.32. The summed E-state index contributed by atoms with van der Waals surface area (Å²) in [5, 5.41) is 3.47. The molecule has 1 saturated heterocycles. The number of hydrogen-bond donors (Lipinski definition) is 1. The third-order valence-electron chi connectivity index (χ3n) is 4.87. The Balaban J connectivity index is 1.85. The molecule has 1 aromatic rings. The van der Waals surface area contributed by atoms with Gasteiger partial charge in [0.05, 0.1) is 6.04 Å². The second-order valence-electron chi connectivity index (χ2n) is 6.69. The molecule has 1 N–H and O–H groups in total. The number of rotatable bonds is 5. The lowest BCUT2D eigenvalue weighted by Crippen LogP contribution is -2.40. The van der Waals surface area contributed by atoms with E-state index < -0.39 is 0 Å². The van der Waals surface area contributed by atoms with Crippen LogP contribution in [0.3, 0.4) is 0 Å². The highest BCUT2D eigenvalue weighted by molar-refractivity contribution is 5.84. The number of carbonyl (C=O) groups is 1. The maximum absolute atomic E-state index is 12.6. The lowest BCUT2D eigenvalue weighted by atomic mass is 10.0. The van der Waals surface area contributed by atoms with Crippen LogP contribution in [-0.2, 0) is 4.79 Å². The lowest BCUT2D eigenvalue weighted by molar-refractivity contribution is -0.132. The Bertz CT molecular complexity index is 506. The van der Waals surface area contributed by atoms with Crippen molar-refractivity contribution < 1.29 is 4.79 Å². The van der Waals surface area contributed by atoms with Crippen molar-refractivity contribution in [3.8, 4) is 0 Å². The Labute approximate surface area is 127 Å². The predicted molar refractivity (Wildman–Crippen MR) is 84.8 cm³/mol. The summed E-state index contributed by atoms with van der Waals surface area (Å²) in [4.78, 5) is 14.7. The van der Waals surface area contributed by atoms with Gasteiger partial charge in [-0.1, -0.05) is 49.6 Å². The molecule has 1 heterocycles. The van der Waals surface area contributed by atoms with Gasteiger partial charge in [0.2, 0.25) is 5.91 Å². The second-order valence-corrected chi connectivity index (χ2v) is 6.69. The molecule has 0 spiro atoms. The smallest absolute Gasteiger partial charge is 0.241 e. The molecule has 2 fully saturated rings. The van der Waals surface area contributed by atoms with Crippen LogP contribution in [0.15, 0.2) is 24.3 Å². The summed E-state index contributed by atoms with van der Waals surface area (Å²) in [5.74, 6) is 1.10. The minimum absolute atomic E-state index is 0.0387. The number of aryl methyl sites for hydroxylation is 1. The van der Waals surface area contributed by atoms with Crippen molar-refractivity contribution in [2.45, 2.75) is 64.7 Å². The highest BCUT2D eigenvalue weighted by Gasteiger charge is 2.41. The van der Waals surface area contributed by atoms with Crippen molar-refractivity contribution in [1.29, 1.82) is 0 Å². The Morgan fingerprint density at radius 1 is 1.29 bits per heavy atom. The van der Waals surface area contributed by atoms with Crippen LogP contribution in [0.1, 0.15) is 56.8 Å². The van der Waals surface area contributed by atoms with Crippen molar-refractivity contribution >= 4 is 5.91 Å². The zero-order valence-electron chi connectivity index (χ0n) is 13.3. The first-order valence-corrected chi connectivity index (χ1v) is 8.25. The Morgan fingerprint density at radius 2 is 1.95 bits per heavy atom. The van der Waals surface area contributed by atoms with Crippen LogP contribution < -0.4 is 5.32 Å². The largest absolute Gasteiger partial charge is 0.319 e. The number of amides is 1. The average molecular weight is 286 g/mol. The van der Waals surface area contributed by atoms with E-state index in [2.05, 4.69) is 48.3 Å². The van der Waals surface area contributed by atoms with Crippen molar-refractivity contribution in [3.05, 3.63) is 35.4 Å². The van der Waals surface area contributed by atoms with E-state index in [4.69, 9.17) is 0 Å². The first-order valence-electron chi connectivity index (χ1n) is 8.25. The van der Waals surface area contributed by atoms with E-state index in [0.717, 1.165) is 12.3 Å². The average Bonchev–Trinajstić information content (AvgIpc) is 3.25. The van der Waals surface area contributed by atoms with Gasteiger partial charge in [0.15, 0.2) is 0 Å². The maximum Gasteiger partial charge on any atom is 0.241 e. The quantitative estimate of drug-likeness (QED) is 0.900. The topological polar surface area (TPSA) is 32.3 Å². The van der Waals surface area contributed by atoms with Crippen molar-refractivity contribution in [3.63, 3.8) is 0 Å². The molecule has 21 heavy (non-hydrogen) atoms. The van der Waals surface area contributed by atoms with Gasteiger partial charge in [-0.15, -0.1) is 0 Å². The van der Waals surface area contributed by atoms with Crippen LogP contribution >= 0.6 is 0 Å². The van der Waals surface area contributed by atoms with Gasteiger partial charge in [-0.05, 0) is 38.2 Å². The fourth-order valence-electron chi connectivity index (χ4n) is 3.35. The molecule has 3 rings (SSSR count). The van der Waals surface area contributed by atoms with Gasteiger partial charge >= 0.3 is 0 Å². The third kappa shape index (κ3) is 2.98. The van der Waals surface area contributed by atoms with Crippen LogP contribution in [0.25, 0.3) is 0 Å². The standard InChI is InChI=1S/C18H26N2O/c1-4-16(11-14-7-8-14)20-17(19-13(3)18(20)21)15-9-5-12(2)6-10-15/h5-6,9-10,13-14,16-17,19H,4,7-8,11H2,1-3H3. The van der Waals surface area contributed by atoms with Crippen LogP contribution in [-0.4, -0.2) is 22.9 Å². The number of nitrogens with one attached hydrogen (secondary N) is 1. The van der Waals surface area contributed by atoms with Gasteiger partial charge in [-0.2, -0.15) is 0 Å². The Hall–Kier alpha value is -1.35. The van der Waals surface area contributed by atoms with Gasteiger partial charge in [0.1, 0.15) is 6.17 Å². The Kier molecular flexibility index (Phi) is 4.03. The molecular formula is C18H26N2O. The third-order valence-corrected chi connectivity index (χ3v) is 4.87. The Morgan fingerprint density at radius 3 is 2.52 bits per heavy atom. The summed E-state index contributed by atoms with van der Waals surface area (Å²) in [6, 6.07) is 8.84. The molecule has 3 heteroatoms. The molecule has 3 unspecified atom stereocenters. The van der Waals surface area contributed by atoms with E-state index in [9.17, 15) is 4.79 Å². The molecule has 0 bridgehead atoms. The molecule has 3 atom stereocenters. The predicted octanol–water partition coefficient (Wildman–Crippen LogP) is 3.39. The first-order chi connectivity index (χ1) is 10.1. The van der Waals surface area contributed by atoms with Crippen LogP contribution in [0, 0.1) is 12.8 Å². The summed E-state index contributed by atoms with van der Waals surface area (Å²) in [7, 11) is 0. The highest BCUT2D eigenvalue weighted by atomic mass is 16.2. The van der Waals surface area contributed by atoms with Gasteiger partial charge in [0.25, 0.3) is 0 Å². The molecular weight excluding hydrogens is 260 g/mol. The number of carbonyl (C=O) groups excluding carboxylic acids is 1. The van der Waals surface area contributed by atoms with Crippen LogP contribution in [0.4, 0.5) is 0 Å². The normalized spacial score (nSPS) is 27.2. The first kappa shape index (κ1) is 14.6. The molecule has 2 aliphatic rings. The van der Waals surface area contributed by atoms with Gasteiger partial charge in [0, 0.05) is 6.04 Å². The van der Waals surface area contributed by atoms with Gasteiger partial charge in [-0.25, -0.2) is 0 Å². The summed E-state index contributed by atoms with van der Waals surface area (Å²) in [6.07, 6.45) is 4.93. The number of benzene rings is 1. The molecule has 114 valence electrons. The SMILES string of the molecule is CCC(CC1CC1)N1C(=O)C(C)NC1c1ccc(C)cc1. The molecule has 0 aromatic heterocycles. The summed E-state index contributed by atoms with van der Waals surface area (Å²) in [5.41, 5.74) is 2.46. The molecule has 0 radical (unpaired) electrons. The van der Waals surface area contributed by atoms with E-state index >= 15 is 0 Å². The van der Waals surface area contributed by atoms with Gasteiger partial charge < -0.3 is 4.90 Å². The minimum atomic E-state index is -0.0791. The van der Waals surface area contributed by atoms with Crippen molar-refractivity contribution in [2.75, 3.05) is 0 Å². The molecule has 3 nitrogen and oxygen atoms in total. The number of hydrogen-bond acceptors (Lipinski definition) is 2. The highest BCUT2D eigenvalue weighted by Crippen LogP contribution is 2.38. The summed E-state index contributed by atoms with van der Waals surface area (Å²) in [6.45, 7) is 6.28. The van der Waals surface area contributed by atoms with E-state index in [-0.39, 0.29) is 18.1 Å². The summed E-state index contributed by atoms with van der Waals surface area (Å²) >= 11 is 0. The summed E-state index contributed by atoms with van der Waals surface area (Å²) < 4.78 is 0. The van der Waals surface area contributed by atoms with Crippen molar-refractivity contribution in [2.24, 2.45) is 5.92 Å². The van der Waals surface area contributed by atoms with E-state index in [0.29, 0.717) is 6.04 Å².